The quantitative estimate of drug-likeness (QED) is 0.387. The van der Waals surface area contributed by atoms with E-state index >= 15 is 0 Å². The molecule has 2 amide bonds. The Labute approximate surface area is 103 Å². The summed E-state index contributed by atoms with van der Waals surface area (Å²) in [6, 6.07) is -0.929. The Morgan fingerprint density at radius 3 is 2.94 bits per heavy atom. The van der Waals surface area contributed by atoms with Gasteiger partial charge in [0.1, 0.15) is 18.1 Å². The average molecular weight is 257 g/mol. The van der Waals surface area contributed by atoms with E-state index in [-0.39, 0.29) is 12.3 Å². The van der Waals surface area contributed by atoms with Crippen LogP contribution in [-0.2, 0) is 4.74 Å². The molecule has 1 unspecified atom stereocenters. The molecule has 2 aliphatic heterocycles. The summed E-state index contributed by atoms with van der Waals surface area (Å²) in [5.41, 5.74) is 0.329. The highest BCUT2D eigenvalue weighted by molar-refractivity contribution is 6.05. The molecule has 18 heavy (non-hydrogen) atoms. The number of carbonyl (C=O) groups excluding carboxylic acids is 1. The van der Waals surface area contributed by atoms with E-state index in [0.29, 0.717) is 5.57 Å². The van der Waals surface area contributed by atoms with Crippen LogP contribution in [0.3, 0.4) is 0 Å². The number of hydrogen-bond donors (Lipinski definition) is 4. The van der Waals surface area contributed by atoms with Crippen molar-refractivity contribution < 1.29 is 24.4 Å². The highest BCUT2D eigenvalue weighted by atomic mass is 16.6. The van der Waals surface area contributed by atoms with Gasteiger partial charge in [0, 0.05) is 5.57 Å². The van der Waals surface area contributed by atoms with Crippen LogP contribution in [-0.4, -0.2) is 51.8 Å². The molecule has 100 valence electrons. The third-order valence-corrected chi connectivity index (χ3v) is 3.14. The van der Waals surface area contributed by atoms with Crippen molar-refractivity contribution in [2.24, 2.45) is 0 Å². The zero-order valence-electron chi connectivity index (χ0n) is 9.79. The number of quaternary nitrogens is 1. The van der Waals surface area contributed by atoms with E-state index in [1.807, 2.05) is 0 Å². The van der Waals surface area contributed by atoms with Crippen molar-refractivity contribution in [2.75, 3.05) is 6.61 Å². The van der Waals surface area contributed by atoms with Crippen molar-refractivity contribution in [3.63, 3.8) is 0 Å². The number of rotatable bonds is 2. The fourth-order valence-electron chi connectivity index (χ4n) is 2.04. The number of ether oxygens (including phenoxy) is 1. The minimum absolute atomic E-state index is 0.0424. The zero-order valence-corrected chi connectivity index (χ0v) is 9.79. The van der Waals surface area contributed by atoms with Gasteiger partial charge in [0.15, 0.2) is 0 Å². The molecule has 4 N–H and O–H groups in total. The van der Waals surface area contributed by atoms with Crippen molar-refractivity contribution in [2.45, 2.75) is 31.8 Å². The third-order valence-electron chi connectivity index (χ3n) is 3.14. The lowest BCUT2D eigenvalue weighted by atomic mass is 10.1. The van der Waals surface area contributed by atoms with Gasteiger partial charge in [0.25, 0.3) is 0 Å². The van der Waals surface area contributed by atoms with Crippen LogP contribution < -0.4 is 5.32 Å². The number of aliphatic hydroxyl groups is 2. The highest BCUT2D eigenvalue weighted by Gasteiger charge is 2.47. The van der Waals surface area contributed by atoms with Crippen LogP contribution in [0.25, 0.3) is 0 Å². The molecule has 0 saturated carbocycles. The molecule has 2 heterocycles. The molecule has 0 aromatic rings. The molecule has 1 fully saturated rings. The molecule has 2 rings (SSSR count). The lowest BCUT2D eigenvalue weighted by Gasteiger charge is -2.42. The van der Waals surface area contributed by atoms with Gasteiger partial charge in [-0.2, -0.15) is 0 Å². The second-order valence-corrected chi connectivity index (χ2v) is 4.44. The predicted molar refractivity (Wildman–Crippen MR) is 60.0 cm³/mol. The zero-order chi connectivity index (χ0) is 13.5. The van der Waals surface area contributed by atoms with E-state index in [1.165, 1.54) is 6.92 Å². The topological polar surface area (TPSA) is 126 Å². The van der Waals surface area contributed by atoms with Crippen LogP contribution in [0.1, 0.15) is 13.3 Å². The number of carbonyl (C=O) groups is 1. The molecule has 0 bridgehead atoms. The Bertz CT molecular complexity index is 424. The average Bonchev–Trinajstić information content (AvgIpc) is 2.68. The van der Waals surface area contributed by atoms with Crippen LogP contribution in [0.4, 0.5) is 4.79 Å². The molecule has 0 aromatic heterocycles. The van der Waals surface area contributed by atoms with Crippen LogP contribution in [0, 0.1) is 10.6 Å². The second-order valence-electron chi connectivity index (χ2n) is 4.44. The van der Waals surface area contributed by atoms with E-state index in [9.17, 15) is 15.1 Å². The monoisotopic (exact) mass is 257 g/mol. The predicted octanol–water partition coefficient (Wildman–Crippen LogP) is -0.627. The van der Waals surface area contributed by atoms with Gasteiger partial charge in [-0.15, -0.1) is 0 Å². The van der Waals surface area contributed by atoms with Gasteiger partial charge in [0.2, 0.25) is 6.23 Å². The molecule has 0 radical (unpaired) electrons. The second kappa shape index (κ2) is 4.41. The molecular formula is C10H15N3O5. The van der Waals surface area contributed by atoms with Gasteiger partial charge in [0.05, 0.1) is 19.1 Å². The molecule has 0 spiro atoms. The van der Waals surface area contributed by atoms with Gasteiger partial charge in [-0.1, -0.05) is 0 Å². The van der Waals surface area contributed by atoms with Crippen LogP contribution in [0.5, 0.6) is 0 Å². The maximum atomic E-state index is 12.5. The number of aliphatic hydroxyl groups excluding tert-OH is 2. The van der Waals surface area contributed by atoms with E-state index in [4.69, 9.17) is 15.3 Å². The molecule has 8 nitrogen and oxygen atoms in total. The number of nitrogens with zero attached hydrogens (tertiary/aromatic N) is 1. The van der Waals surface area contributed by atoms with Crippen LogP contribution >= 0.6 is 0 Å². The number of amidine groups is 1. The first kappa shape index (κ1) is 13.1. The lowest BCUT2D eigenvalue weighted by molar-refractivity contribution is -0.803. The lowest BCUT2D eigenvalue weighted by Crippen LogP contribution is -2.59. The van der Waals surface area contributed by atoms with Gasteiger partial charge in [-0.3, -0.25) is 10.7 Å². The summed E-state index contributed by atoms with van der Waals surface area (Å²) in [6.45, 7) is 1.11. The molecular weight excluding hydrogens is 242 g/mol. The summed E-state index contributed by atoms with van der Waals surface area (Å²) in [6.07, 6.45) is -1.91. The Balaban J connectivity index is 2.27. The standard InChI is InChI=1S/C10H15N3O5/c1-5-3-13(17,10(16)12-9(5)11)8-2-6(15)7(4-14)18-8/h3,6-8,14-15H,2,4H2,1H3,(H2,11,12,16)/t6-,7+,8+,13?/m0/s1. The summed E-state index contributed by atoms with van der Waals surface area (Å²) in [5, 5.41) is 40.5. The maximum absolute atomic E-state index is 12.5. The van der Waals surface area contributed by atoms with E-state index in [0.717, 1.165) is 6.20 Å². The summed E-state index contributed by atoms with van der Waals surface area (Å²) in [4.78, 5) is 11.7. The summed E-state index contributed by atoms with van der Waals surface area (Å²) in [7, 11) is 0. The fraction of sp³-hybridized carbons (Fsp3) is 0.600. The number of amides is 2. The van der Waals surface area contributed by atoms with Crippen molar-refractivity contribution in [1.82, 2.24) is 5.32 Å². The number of urea groups is 1. The Morgan fingerprint density at radius 2 is 2.39 bits per heavy atom. The Kier molecular flexibility index (Phi) is 3.21. The van der Waals surface area contributed by atoms with Gasteiger partial charge < -0.3 is 20.2 Å². The van der Waals surface area contributed by atoms with E-state index in [2.05, 4.69) is 5.32 Å². The van der Waals surface area contributed by atoms with Crippen molar-refractivity contribution in [3.05, 3.63) is 17.0 Å². The van der Waals surface area contributed by atoms with Crippen molar-refractivity contribution in [1.29, 1.82) is 5.41 Å². The van der Waals surface area contributed by atoms with Gasteiger partial charge >= 0.3 is 6.03 Å². The van der Waals surface area contributed by atoms with Crippen molar-refractivity contribution in [3.8, 4) is 0 Å². The maximum Gasteiger partial charge on any atom is 0.428 e. The number of nitrogens with one attached hydrogen (secondary N) is 2. The van der Waals surface area contributed by atoms with Crippen LogP contribution in [0.15, 0.2) is 11.8 Å². The Hall–Kier alpha value is -1.32. The SMILES string of the molecule is CC1=C[N+]([O-])([C@H]2C[C@H](O)[C@@H](CO)O2)C(=O)NC1=N. The van der Waals surface area contributed by atoms with Gasteiger partial charge in [-0.25, -0.2) is 9.44 Å². The smallest absolute Gasteiger partial charge is 0.428 e. The Morgan fingerprint density at radius 1 is 1.72 bits per heavy atom. The van der Waals surface area contributed by atoms with E-state index < -0.39 is 35.7 Å². The fourth-order valence-corrected chi connectivity index (χ4v) is 2.04. The summed E-state index contributed by atoms with van der Waals surface area (Å²) >= 11 is 0. The largest absolute Gasteiger partial charge is 0.617 e. The highest BCUT2D eigenvalue weighted by Crippen LogP contribution is 2.31. The minimum Gasteiger partial charge on any atom is -0.617 e. The third kappa shape index (κ3) is 1.93. The minimum atomic E-state index is -1.43. The number of hydrogen-bond acceptors (Lipinski definition) is 6. The first-order valence-corrected chi connectivity index (χ1v) is 5.52. The molecule has 1 saturated heterocycles. The van der Waals surface area contributed by atoms with Gasteiger partial charge in [-0.05, 0) is 6.92 Å². The first-order chi connectivity index (χ1) is 8.38. The van der Waals surface area contributed by atoms with Crippen molar-refractivity contribution >= 4 is 11.9 Å². The summed E-state index contributed by atoms with van der Waals surface area (Å²) in [5.74, 6) is -0.123. The normalized spacial score (nSPS) is 40.7. The molecule has 2 aliphatic rings. The first-order valence-electron chi connectivity index (χ1n) is 5.52. The van der Waals surface area contributed by atoms with E-state index in [1.54, 1.807) is 0 Å². The number of hydroxylamine groups is 3. The summed E-state index contributed by atoms with van der Waals surface area (Å²) < 4.78 is 3.77. The molecule has 0 aliphatic carbocycles. The van der Waals surface area contributed by atoms with Crippen LogP contribution in [0.2, 0.25) is 0 Å². The molecule has 8 heteroatoms. The molecule has 4 atom stereocenters. The molecule has 0 aromatic carbocycles.